The summed E-state index contributed by atoms with van der Waals surface area (Å²) in [4.78, 5) is 23.8. The van der Waals surface area contributed by atoms with Gasteiger partial charge in [-0.3, -0.25) is 4.79 Å². The number of ketones is 1. The molecule has 0 aliphatic carbocycles. The van der Waals surface area contributed by atoms with Crippen LogP contribution in [0.15, 0.2) is 12.3 Å². The molecule has 1 rings (SSSR count). The highest BCUT2D eigenvalue weighted by Gasteiger charge is 2.19. The molecule has 18 heavy (non-hydrogen) atoms. The second-order valence-electron chi connectivity index (χ2n) is 5.05. The Morgan fingerprint density at radius 3 is 2.67 bits per heavy atom. The van der Waals surface area contributed by atoms with Crippen molar-refractivity contribution in [3.8, 4) is 0 Å². The second-order valence-corrected chi connectivity index (χ2v) is 5.88. The molecule has 5 nitrogen and oxygen atoms in total. The lowest BCUT2D eigenvalue weighted by Crippen LogP contribution is -2.38. The summed E-state index contributed by atoms with van der Waals surface area (Å²) in [5.74, 6) is -0.0268. The van der Waals surface area contributed by atoms with Crippen molar-refractivity contribution >= 4 is 23.4 Å². The van der Waals surface area contributed by atoms with E-state index in [1.807, 2.05) is 0 Å². The first-order valence-electron chi connectivity index (χ1n) is 5.71. The highest BCUT2D eigenvalue weighted by atomic mass is 32.1. The Labute approximate surface area is 111 Å². The van der Waals surface area contributed by atoms with Crippen LogP contribution >= 0.6 is 11.5 Å². The number of hydrogen-bond donors (Lipinski definition) is 1. The molecule has 0 spiro atoms. The van der Waals surface area contributed by atoms with Crippen LogP contribution in [0.4, 0.5) is 4.79 Å². The van der Waals surface area contributed by atoms with E-state index >= 15 is 0 Å². The average Bonchev–Trinajstić information content (AvgIpc) is 2.65. The van der Waals surface area contributed by atoms with Crippen LogP contribution in [-0.4, -0.2) is 27.9 Å². The Kier molecular flexibility index (Phi) is 4.84. The molecule has 1 unspecified atom stereocenters. The number of nitrogens with zero attached hydrogens (tertiary/aromatic N) is 1. The van der Waals surface area contributed by atoms with Gasteiger partial charge in [-0.05, 0) is 45.3 Å². The molecule has 1 aromatic heterocycles. The normalized spacial score (nSPS) is 12.9. The van der Waals surface area contributed by atoms with Crippen LogP contribution in [0, 0.1) is 0 Å². The molecule has 1 aromatic rings. The third-order valence-corrected chi connectivity index (χ3v) is 2.75. The van der Waals surface area contributed by atoms with Crippen LogP contribution in [0.5, 0.6) is 0 Å². The number of alkyl carbamates (subject to hydrolysis) is 1. The van der Waals surface area contributed by atoms with Crippen molar-refractivity contribution in [1.29, 1.82) is 0 Å². The van der Waals surface area contributed by atoms with Gasteiger partial charge >= 0.3 is 6.09 Å². The molecule has 0 aliphatic heterocycles. The van der Waals surface area contributed by atoms with Gasteiger partial charge in [0, 0.05) is 18.7 Å². The van der Waals surface area contributed by atoms with Gasteiger partial charge in [0.15, 0.2) is 5.78 Å². The van der Waals surface area contributed by atoms with Crippen molar-refractivity contribution in [2.45, 2.75) is 45.8 Å². The van der Waals surface area contributed by atoms with E-state index < -0.39 is 11.7 Å². The first-order valence-corrected chi connectivity index (χ1v) is 6.48. The zero-order valence-corrected chi connectivity index (χ0v) is 11.8. The van der Waals surface area contributed by atoms with Gasteiger partial charge in [-0.25, -0.2) is 9.17 Å². The van der Waals surface area contributed by atoms with E-state index in [0.717, 1.165) is 11.5 Å². The van der Waals surface area contributed by atoms with Gasteiger partial charge in [0.05, 0.1) is 4.88 Å². The molecule has 0 aliphatic rings. The Morgan fingerprint density at radius 2 is 2.17 bits per heavy atom. The average molecular weight is 270 g/mol. The van der Waals surface area contributed by atoms with E-state index in [4.69, 9.17) is 4.74 Å². The summed E-state index contributed by atoms with van der Waals surface area (Å²) in [6.45, 7) is 7.14. The maximum atomic E-state index is 11.8. The van der Waals surface area contributed by atoms with E-state index in [-0.39, 0.29) is 18.2 Å². The van der Waals surface area contributed by atoms with Crippen LogP contribution < -0.4 is 5.32 Å². The molecule has 0 bridgehead atoms. The summed E-state index contributed by atoms with van der Waals surface area (Å²) in [5, 5.41) is 2.63. The van der Waals surface area contributed by atoms with Crippen molar-refractivity contribution in [2.24, 2.45) is 0 Å². The zero-order valence-electron chi connectivity index (χ0n) is 11.0. The number of carbonyl (C=O) groups excluding carboxylic acids is 2. The number of amides is 1. The molecule has 1 N–H and O–H groups in total. The first-order chi connectivity index (χ1) is 8.28. The summed E-state index contributed by atoms with van der Waals surface area (Å²) in [6, 6.07) is 1.40. The molecule has 0 saturated heterocycles. The number of rotatable bonds is 4. The minimum atomic E-state index is -0.536. The monoisotopic (exact) mass is 270 g/mol. The lowest BCUT2D eigenvalue weighted by Gasteiger charge is -2.21. The van der Waals surface area contributed by atoms with Gasteiger partial charge in [-0.2, -0.15) is 0 Å². The Hall–Kier alpha value is -1.43. The Morgan fingerprint density at radius 1 is 1.50 bits per heavy atom. The molecular formula is C12H18N2O3S. The number of aromatic nitrogens is 1. The van der Waals surface area contributed by atoms with Crippen molar-refractivity contribution in [2.75, 3.05) is 0 Å². The number of Topliss-reactive ketones (excluding diaryl/α,β-unsaturated/α-hetero) is 1. The van der Waals surface area contributed by atoms with Crippen LogP contribution in [0.3, 0.4) is 0 Å². The summed E-state index contributed by atoms with van der Waals surface area (Å²) >= 11 is 1.16. The van der Waals surface area contributed by atoms with Gasteiger partial charge in [0.1, 0.15) is 5.60 Å². The van der Waals surface area contributed by atoms with Crippen LogP contribution in [0.25, 0.3) is 0 Å². The molecule has 1 amide bonds. The highest BCUT2D eigenvalue weighted by Crippen LogP contribution is 2.10. The maximum Gasteiger partial charge on any atom is 0.407 e. The third kappa shape index (κ3) is 5.27. The van der Waals surface area contributed by atoms with Crippen molar-refractivity contribution < 1.29 is 14.3 Å². The Balaban J connectivity index is 2.40. The SMILES string of the molecule is CC(CC(=O)c1ccns1)NC(=O)OC(C)(C)C. The molecule has 1 atom stereocenters. The van der Waals surface area contributed by atoms with Gasteiger partial charge in [-0.1, -0.05) is 0 Å². The molecule has 0 radical (unpaired) electrons. The van der Waals surface area contributed by atoms with Gasteiger partial charge in [-0.15, -0.1) is 0 Å². The summed E-state index contributed by atoms with van der Waals surface area (Å²) in [7, 11) is 0. The number of hydrogen-bond acceptors (Lipinski definition) is 5. The summed E-state index contributed by atoms with van der Waals surface area (Å²) in [6.07, 6.45) is 1.32. The molecular weight excluding hydrogens is 252 g/mol. The van der Waals surface area contributed by atoms with E-state index in [2.05, 4.69) is 9.69 Å². The fourth-order valence-electron chi connectivity index (χ4n) is 1.30. The standard InChI is InChI=1S/C12H18N2O3S/c1-8(14-11(16)17-12(2,3)4)7-9(15)10-5-6-13-18-10/h5-6,8H,7H2,1-4H3,(H,14,16). The summed E-state index contributed by atoms with van der Waals surface area (Å²) < 4.78 is 8.98. The van der Waals surface area contributed by atoms with Crippen molar-refractivity contribution in [3.05, 3.63) is 17.1 Å². The smallest absolute Gasteiger partial charge is 0.407 e. The molecule has 0 saturated carbocycles. The third-order valence-electron chi connectivity index (χ3n) is 1.97. The Bertz CT molecular complexity index is 409. The first kappa shape index (κ1) is 14.6. The molecule has 1 heterocycles. The van der Waals surface area contributed by atoms with Gasteiger partial charge in [0.25, 0.3) is 0 Å². The lowest BCUT2D eigenvalue weighted by molar-refractivity contribution is 0.0506. The minimum absolute atomic E-state index is 0.0268. The van der Waals surface area contributed by atoms with Crippen molar-refractivity contribution in [3.63, 3.8) is 0 Å². The van der Waals surface area contributed by atoms with Gasteiger partial charge < -0.3 is 10.1 Å². The number of nitrogens with one attached hydrogen (secondary N) is 1. The highest BCUT2D eigenvalue weighted by molar-refractivity contribution is 7.08. The van der Waals surface area contributed by atoms with E-state index in [9.17, 15) is 9.59 Å². The van der Waals surface area contributed by atoms with E-state index in [1.54, 1.807) is 40.0 Å². The van der Waals surface area contributed by atoms with Crippen LogP contribution in [-0.2, 0) is 4.74 Å². The topological polar surface area (TPSA) is 68.3 Å². The van der Waals surface area contributed by atoms with E-state index in [0.29, 0.717) is 4.88 Å². The zero-order chi connectivity index (χ0) is 13.8. The largest absolute Gasteiger partial charge is 0.444 e. The van der Waals surface area contributed by atoms with Gasteiger partial charge in [0.2, 0.25) is 0 Å². The number of carbonyl (C=O) groups is 2. The number of ether oxygens (including phenoxy) is 1. The van der Waals surface area contributed by atoms with Crippen LogP contribution in [0.1, 0.15) is 43.8 Å². The quantitative estimate of drug-likeness (QED) is 0.854. The molecule has 6 heteroatoms. The lowest BCUT2D eigenvalue weighted by atomic mass is 10.1. The van der Waals surface area contributed by atoms with Crippen LogP contribution in [0.2, 0.25) is 0 Å². The predicted octanol–water partition coefficient (Wildman–Crippen LogP) is 2.63. The van der Waals surface area contributed by atoms with Crippen molar-refractivity contribution in [1.82, 2.24) is 9.69 Å². The summed E-state index contributed by atoms with van der Waals surface area (Å²) in [5.41, 5.74) is -0.536. The fourth-order valence-corrected chi connectivity index (χ4v) is 1.84. The molecule has 0 fully saturated rings. The maximum absolute atomic E-state index is 11.8. The predicted molar refractivity (Wildman–Crippen MR) is 69.9 cm³/mol. The van der Waals surface area contributed by atoms with E-state index in [1.165, 1.54) is 0 Å². The fraction of sp³-hybridized carbons (Fsp3) is 0.583. The minimum Gasteiger partial charge on any atom is -0.444 e. The molecule has 100 valence electrons. The second kappa shape index (κ2) is 5.95. The molecule has 0 aromatic carbocycles.